The second-order valence-electron chi connectivity index (χ2n) is 12.1. The molecule has 0 fully saturated rings. The summed E-state index contributed by atoms with van der Waals surface area (Å²) < 4.78 is 52.6. The van der Waals surface area contributed by atoms with Gasteiger partial charge in [0.05, 0.1) is 12.0 Å². The maximum atomic E-state index is 14.0. The van der Waals surface area contributed by atoms with Gasteiger partial charge in [0, 0.05) is 25.2 Å². The standard InChI is InChI=1S/C39H42FN3O6S/c1-48-34-18-12-31(13-19-34)27-43(37(26-30-10-6-3-7-11-30)39(45)41-25-24-29-8-4-2-5-9-29)38(44)28-49-35-20-22-36(23-21-35)50(46,47)42-33-16-14-32(40)15-17-33/h3,6-8,10-23,37,42H,2,4-5,9,24-28H2,1H3,(H,41,45)/t37-/m1/s1. The number of nitrogens with one attached hydrogen (secondary N) is 2. The van der Waals surface area contributed by atoms with Crippen LogP contribution in [-0.4, -0.2) is 51.4 Å². The summed E-state index contributed by atoms with van der Waals surface area (Å²) in [4.78, 5) is 29.4. The first kappa shape index (κ1) is 36.1. The molecule has 4 aromatic rings. The van der Waals surface area contributed by atoms with Crippen LogP contribution >= 0.6 is 0 Å². The highest BCUT2D eigenvalue weighted by molar-refractivity contribution is 7.92. The van der Waals surface area contributed by atoms with Crippen LogP contribution in [0.3, 0.4) is 0 Å². The van der Waals surface area contributed by atoms with Gasteiger partial charge in [0.15, 0.2) is 6.61 Å². The molecule has 2 N–H and O–H groups in total. The number of amides is 2. The summed E-state index contributed by atoms with van der Waals surface area (Å²) in [5.41, 5.74) is 3.28. The third-order valence-electron chi connectivity index (χ3n) is 8.51. The molecular formula is C39H42FN3O6S. The number of allylic oxidation sites excluding steroid dienone is 1. The van der Waals surface area contributed by atoms with Crippen molar-refractivity contribution in [3.05, 3.63) is 132 Å². The number of anilines is 1. The molecule has 0 aromatic heterocycles. The molecule has 0 spiro atoms. The number of rotatable bonds is 16. The Balaban J connectivity index is 1.33. The average Bonchev–Trinajstić information content (AvgIpc) is 3.14. The quantitative estimate of drug-likeness (QED) is 0.127. The van der Waals surface area contributed by atoms with Gasteiger partial charge in [0.25, 0.3) is 15.9 Å². The summed E-state index contributed by atoms with van der Waals surface area (Å²) in [5, 5.41) is 3.09. The number of halogens is 1. The first-order valence-corrected chi connectivity index (χ1v) is 18.1. The Morgan fingerprint density at radius 1 is 0.860 bits per heavy atom. The SMILES string of the molecule is COc1ccc(CN(C(=O)COc2ccc(S(=O)(=O)Nc3ccc(F)cc3)cc2)[C@H](Cc2ccccc2)C(=O)NCCC2=CCCCC2)cc1. The molecule has 0 aliphatic heterocycles. The number of sulfonamides is 1. The Kier molecular flexibility index (Phi) is 12.6. The van der Waals surface area contributed by atoms with Gasteiger partial charge in [0.2, 0.25) is 5.91 Å². The molecule has 0 unspecified atom stereocenters. The minimum absolute atomic E-state index is 0.0368. The van der Waals surface area contributed by atoms with Gasteiger partial charge in [-0.05, 0) is 104 Å². The average molecular weight is 700 g/mol. The van der Waals surface area contributed by atoms with E-state index in [4.69, 9.17) is 9.47 Å². The first-order valence-electron chi connectivity index (χ1n) is 16.6. The molecule has 0 saturated heterocycles. The Morgan fingerprint density at radius 3 is 2.22 bits per heavy atom. The summed E-state index contributed by atoms with van der Waals surface area (Å²) >= 11 is 0. The molecule has 0 bridgehead atoms. The molecule has 1 aliphatic carbocycles. The third-order valence-corrected chi connectivity index (χ3v) is 9.90. The molecule has 2 amide bonds. The van der Waals surface area contributed by atoms with E-state index in [-0.39, 0.29) is 35.4 Å². The number of hydrogen-bond acceptors (Lipinski definition) is 6. The van der Waals surface area contributed by atoms with Crippen molar-refractivity contribution in [1.82, 2.24) is 10.2 Å². The number of nitrogens with zero attached hydrogens (tertiary/aromatic N) is 1. The molecule has 262 valence electrons. The van der Waals surface area contributed by atoms with E-state index >= 15 is 0 Å². The zero-order chi connectivity index (χ0) is 35.3. The van der Waals surface area contributed by atoms with Gasteiger partial charge in [-0.1, -0.05) is 54.1 Å². The van der Waals surface area contributed by atoms with Crippen LogP contribution in [0.1, 0.15) is 43.2 Å². The van der Waals surface area contributed by atoms with E-state index in [2.05, 4.69) is 16.1 Å². The van der Waals surface area contributed by atoms with E-state index in [1.165, 1.54) is 53.3 Å². The summed E-state index contributed by atoms with van der Waals surface area (Å²) in [5.74, 6) is -0.208. The first-order chi connectivity index (χ1) is 24.2. The second-order valence-corrected chi connectivity index (χ2v) is 13.8. The molecule has 11 heteroatoms. The molecular weight excluding hydrogens is 658 g/mol. The molecule has 4 aromatic carbocycles. The lowest BCUT2D eigenvalue weighted by atomic mass is 9.97. The number of methoxy groups -OCH3 is 1. The van der Waals surface area contributed by atoms with Crippen molar-refractivity contribution in [2.75, 3.05) is 25.0 Å². The van der Waals surface area contributed by atoms with Crippen LogP contribution in [0.5, 0.6) is 11.5 Å². The van der Waals surface area contributed by atoms with Crippen molar-refractivity contribution < 1.29 is 31.9 Å². The summed E-state index contributed by atoms with van der Waals surface area (Å²) in [6.45, 7) is 0.234. The van der Waals surface area contributed by atoms with Gasteiger partial charge in [-0.15, -0.1) is 0 Å². The number of carbonyl (C=O) groups is 2. The van der Waals surface area contributed by atoms with Crippen LogP contribution in [0.4, 0.5) is 10.1 Å². The molecule has 9 nitrogen and oxygen atoms in total. The Bertz CT molecular complexity index is 1850. The number of benzene rings is 4. The summed E-state index contributed by atoms with van der Waals surface area (Å²) in [6.07, 6.45) is 7.78. The van der Waals surface area contributed by atoms with Crippen molar-refractivity contribution in [3.8, 4) is 11.5 Å². The normalized spacial score (nSPS) is 13.4. The third kappa shape index (κ3) is 10.4. The van der Waals surface area contributed by atoms with Gasteiger partial charge in [-0.3, -0.25) is 14.3 Å². The fourth-order valence-corrected chi connectivity index (χ4v) is 6.81. The molecule has 5 rings (SSSR count). The highest BCUT2D eigenvalue weighted by Gasteiger charge is 2.31. The predicted molar refractivity (Wildman–Crippen MR) is 191 cm³/mol. The van der Waals surface area contributed by atoms with E-state index in [0.29, 0.717) is 18.7 Å². The van der Waals surface area contributed by atoms with Gasteiger partial charge in [-0.2, -0.15) is 0 Å². The maximum absolute atomic E-state index is 14.0. The Morgan fingerprint density at radius 2 is 1.56 bits per heavy atom. The van der Waals surface area contributed by atoms with E-state index in [1.54, 1.807) is 19.2 Å². The topological polar surface area (TPSA) is 114 Å². The predicted octanol–water partition coefficient (Wildman–Crippen LogP) is 6.66. The van der Waals surface area contributed by atoms with Crippen molar-refractivity contribution in [2.45, 2.75) is 56.0 Å². The van der Waals surface area contributed by atoms with Crippen LogP contribution in [0.2, 0.25) is 0 Å². The van der Waals surface area contributed by atoms with Gasteiger partial charge < -0.3 is 19.7 Å². The fraction of sp³-hybridized carbons (Fsp3) is 0.282. The lowest BCUT2D eigenvalue weighted by molar-refractivity contribution is -0.142. The molecule has 50 heavy (non-hydrogen) atoms. The fourth-order valence-electron chi connectivity index (χ4n) is 5.75. The molecule has 0 radical (unpaired) electrons. The van der Waals surface area contributed by atoms with E-state index in [9.17, 15) is 22.4 Å². The van der Waals surface area contributed by atoms with E-state index < -0.39 is 27.8 Å². The Labute approximate surface area is 293 Å². The Hall–Kier alpha value is -5.16. The lowest BCUT2D eigenvalue weighted by Gasteiger charge is -2.31. The minimum atomic E-state index is -3.95. The van der Waals surface area contributed by atoms with Crippen molar-refractivity contribution in [1.29, 1.82) is 0 Å². The number of carbonyl (C=O) groups excluding carboxylic acids is 2. The number of ether oxygens (including phenoxy) is 2. The molecule has 0 heterocycles. The van der Waals surface area contributed by atoms with Crippen LogP contribution in [0.25, 0.3) is 0 Å². The van der Waals surface area contributed by atoms with Gasteiger partial charge >= 0.3 is 0 Å². The number of hydrogen-bond donors (Lipinski definition) is 2. The highest BCUT2D eigenvalue weighted by atomic mass is 32.2. The zero-order valence-corrected chi connectivity index (χ0v) is 28.8. The largest absolute Gasteiger partial charge is 0.497 e. The maximum Gasteiger partial charge on any atom is 0.261 e. The summed E-state index contributed by atoms with van der Waals surface area (Å²) in [6, 6.07) is 26.6. The minimum Gasteiger partial charge on any atom is -0.497 e. The van der Waals surface area contributed by atoms with Crippen molar-refractivity contribution in [3.63, 3.8) is 0 Å². The molecule has 1 atom stereocenters. The molecule has 1 aliphatic rings. The second kappa shape index (κ2) is 17.5. The smallest absolute Gasteiger partial charge is 0.261 e. The highest BCUT2D eigenvalue weighted by Crippen LogP contribution is 2.22. The van der Waals surface area contributed by atoms with Crippen LogP contribution in [-0.2, 0) is 32.6 Å². The lowest BCUT2D eigenvalue weighted by Crippen LogP contribution is -2.51. The van der Waals surface area contributed by atoms with Crippen molar-refractivity contribution >= 4 is 27.5 Å². The monoisotopic (exact) mass is 699 g/mol. The van der Waals surface area contributed by atoms with E-state index in [1.807, 2.05) is 42.5 Å². The van der Waals surface area contributed by atoms with Crippen LogP contribution in [0.15, 0.2) is 120 Å². The van der Waals surface area contributed by atoms with E-state index in [0.717, 1.165) is 48.9 Å². The van der Waals surface area contributed by atoms with Crippen molar-refractivity contribution in [2.24, 2.45) is 0 Å². The van der Waals surface area contributed by atoms with Gasteiger partial charge in [0.1, 0.15) is 23.4 Å². The zero-order valence-electron chi connectivity index (χ0n) is 28.0. The molecule has 0 saturated carbocycles. The van der Waals surface area contributed by atoms with Crippen LogP contribution < -0.4 is 19.5 Å². The van der Waals surface area contributed by atoms with Gasteiger partial charge in [-0.25, -0.2) is 12.8 Å². The summed E-state index contributed by atoms with van der Waals surface area (Å²) in [7, 11) is -2.37. The van der Waals surface area contributed by atoms with Crippen LogP contribution in [0, 0.1) is 5.82 Å².